The van der Waals surface area contributed by atoms with Crippen LogP contribution in [0.15, 0.2) is 53.7 Å². The maximum atomic E-state index is 12.7. The highest BCUT2D eigenvalue weighted by molar-refractivity contribution is 6.32. The predicted octanol–water partition coefficient (Wildman–Crippen LogP) is 4.21. The summed E-state index contributed by atoms with van der Waals surface area (Å²) >= 11 is 6.48. The van der Waals surface area contributed by atoms with E-state index in [0.717, 1.165) is 49.7 Å². The lowest BCUT2D eigenvalue weighted by Gasteiger charge is -2.27. The number of hydrogen-bond donors (Lipinski definition) is 2. The third-order valence-electron chi connectivity index (χ3n) is 5.45. The molecule has 0 saturated carbocycles. The van der Waals surface area contributed by atoms with Crippen LogP contribution in [0.3, 0.4) is 0 Å². The van der Waals surface area contributed by atoms with Crippen LogP contribution in [0.2, 0.25) is 5.02 Å². The first kappa shape index (κ1) is 26.5. The lowest BCUT2D eigenvalue weighted by molar-refractivity contribution is 0.233. The first-order valence-electron chi connectivity index (χ1n) is 12.2. The van der Waals surface area contributed by atoms with Crippen molar-refractivity contribution in [2.75, 3.05) is 26.2 Å². The maximum absolute atomic E-state index is 12.7. The van der Waals surface area contributed by atoms with Crippen molar-refractivity contribution in [3.05, 3.63) is 81.3 Å². The van der Waals surface area contributed by atoms with Crippen LogP contribution in [0.5, 0.6) is 0 Å². The van der Waals surface area contributed by atoms with Crippen molar-refractivity contribution in [3.63, 3.8) is 0 Å². The topological polar surface area (TPSA) is 91.7 Å². The van der Waals surface area contributed by atoms with Crippen LogP contribution in [0.4, 0.5) is 0 Å². The van der Waals surface area contributed by atoms with Gasteiger partial charge in [0, 0.05) is 62.8 Å². The molecule has 2 N–H and O–H groups in total. The molecule has 0 unspecified atom stereocenters. The quantitative estimate of drug-likeness (QED) is 0.431. The van der Waals surface area contributed by atoms with Crippen LogP contribution in [-0.2, 0) is 13.0 Å². The van der Waals surface area contributed by atoms with Crippen LogP contribution < -0.4 is 10.9 Å². The molecule has 3 aromatic heterocycles. The van der Waals surface area contributed by atoms with Gasteiger partial charge in [0.25, 0.3) is 5.56 Å². The number of fused-ring (bicyclic) bond motifs is 1. The van der Waals surface area contributed by atoms with Gasteiger partial charge in [-0.2, -0.15) is 5.10 Å². The van der Waals surface area contributed by atoms with Gasteiger partial charge in [0.15, 0.2) is 5.82 Å². The molecule has 186 valence electrons. The molecule has 0 atom stereocenters. The Morgan fingerprint density at radius 2 is 1.86 bits per heavy atom. The summed E-state index contributed by atoms with van der Waals surface area (Å²) in [5.74, 6) is 1.34. The Morgan fingerprint density at radius 3 is 2.51 bits per heavy atom. The van der Waals surface area contributed by atoms with Crippen molar-refractivity contribution in [1.29, 1.82) is 0 Å². The normalized spacial score (nSPS) is 13.5. The fraction of sp³-hybridized carbons (Fsp3) is 0.385. The highest BCUT2D eigenvalue weighted by atomic mass is 35.5. The van der Waals surface area contributed by atoms with Gasteiger partial charge in [-0.15, -0.1) is 0 Å². The SMILES string of the molecule is CC.CC.O=c1[nH]c(Cc2ccc(-n3cccn3)nc2)nc2cc(CN3CCNCC3)c(Cl)cc12. The highest BCUT2D eigenvalue weighted by Crippen LogP contribution is 2.23. The molecule has 0 aliphatic carbocycles. The molecular weight excluding hydrogens is 462 g/mol. The number of aromatic nitrogens is 5. The molecule has 0 bridgehead atoms. The lowest BCUT2D eigenvalue weighted by atomic mass is 10.1. The molecule has 1 fully saturated rings. The standard InChI is InChI=1S/C22H22ClN7O.2C2H6/c23-18-12-17-19(11-16(18)14-29-8-5-24-6-9-29)27-20(28-22(17)31)10-15-2-3-21(25-13-15)30-7-1-4-26-30;2*1-2/h1-4,7,11-13,24H,5-6,8-10,14H2,(H,27,28,31);2*1-2H3. The first-order chi connectivity index (χ1) is 17.2. The van der Waals surface area contributed by atoms with E-state index in [1.807, 2.05) is 58.2 Å². The summed E-state index contributed by atoms with van der Waals surface area (Å²) in [5.41, 5.74) is 2.42. The summed E-state index contributed by atoms with van der Waals surface area (Å²) < 4.78 is 1.70. The number of aromatic amines is 1. The number of H-pyrrole nitrogens is 1. The summed E-state index contributed by atoms with van der Waals surface area (Å²) in [7, 11) is 0. The minimum atomic E-state index is -0.184. The molecule has 4 aromatic rings. The first-order valence-corrected chi connectivity index (χ1v) is 12.6. The van der Waals surface area contributed by atoms with Crippen LogP contribution >= 0.6 is 11.6 Å². The molecule has 0 amide bonds. The second-order valence-corrected chi connectivity index (χ2v) is 8.06. The van der Waals surface area contributed by atoms with Crippen molar-refractivity contribution in [3.8, 4) is 5.82 Å². The average Bonchev–Trinajstić information content (AvgIpc) is 3.44. The van der Waals surface area contributed by atoms with Crippen molar-refractivity contribution in [2.24, 2.45) is 0 Å². The van der Waals surface area contributed by atoms with E-state index in [-0.39, 0.29) is 5.56 Å². The predicted molar refractivity (Wildman–Crippen MR) is 142 cm³/mol. The number of piperazine rings is 1. The van der Waals surface area contributed by atoms with E-state index in [9.17, 15) is 4.79 Å². The molecular formula is C26H34ClN7O. The van der Waals surface area contributed by atoms with E-state index in [2.05, 4.69) is 25.3 Å². The van der Waals surface area contributed by atoms with Gasteiger partial charge in [0.2, 0.25) is 0 Å². The van der Waals surface area contributed by atoms with Crippen LogP contribution in [0, 0.1) is 0 Å². The number of rotatable bonds is 5. The van der Waals surface area contributed by atoms with E-state index in [1.54, 1.807) is 23.1 Å². The van der Waals surface area contributed by atoms with Gasteiger partial charge in [0.05, 0.1) is 10.9 Å². The van der Waals surface area contributed by atoms with E-state index in [4.69, 9.17) is 16.6 Å². The van der Waals surface area contributed by atoms with Gasteiger partial charge >= 0.3 is 0 Å². The van der Waals surface area contributed by atoms with E-state index >= 15 is 0 Å². The molecule has 8 nitrogen and oxygen atoms in total. The van der Waals surface area contributed by atoms with Crippen molar-refractivity contribution in [1.82, 2.24) is 34.9 Å². The molecule has 1 aromatic carbocycles. The molecule has 1 aliphatic rings. The molecule has 4 heterocycles. The van der Waals surface area contributed by atoms with E-state index < -0.39 is 0 Å². The highest BCUT2D eigenvalue weighted by Gasteiger charge is 2.14. The minimum Gasteiger partial charge on any atom is -0.314 e. The molecule has 0 spiro atoms. The summed E-state index contributed by atoms with van der Waals surface area (Å²) in [6, 6.07) is 9.38. The largest absolute Gasteiger partial charge is 0.314 e. The van der Waals surface area contributed by atoms with Gasteiger partial charge < -0.3 is 10.3 Å². The van der Waals surface area contributed by atoms with Crippen molar-refractivity contribution in [2.45, 2.75) is 40.7 Å². The van der Waals surface area contributed by atoms with Gasteiger partial charge in [-0.25, -0.2) is 14.6 Å². The Morgan fingerprint density at radius 1 is 1.09 bits per heavy atom. The Labute approximate surface area is 211 Å². The Hall–Kier alpha value is -3.07. The summed E-state index contributed by atoms with van der Waals surface area (Å²) in [4.78, 5) is 27.0. The van der Waals surface area contributed by atoms with Gasteiger partial charge in [-0.1, -0.05) is 45.4 Å². The number of halogens is 1. The number of hydrogen-bond acceptors (Lipinski definition) is 6. The number of nitrogens with zero attached hydrogens (tertiary/aromatic N) is 5. The van der Waals surface area contributed by atoms with Crippen LogP contribution in [0.1, 0.15) is 44.6 Å². The van der Waals surface area contributed by atoms with Crippen molar-refractivity contribution < 1.29 is 0 Å². The smallest absolute Gasteiger partial charge is 0.258 e. The zero-order chi connectivity index (χ0) is 25.2. The third kappa shape index (κ3) is 6.75. The molecule has 35 heavy (non-hydrogen) atoms. The van der Waals surface area contributed by atoms with E-state index in [1.165, 1.54) is 0 Å². The zero-order valence-electron chi connectivity index (χ0n) is 20.9. The molecule has 1 saturated heterocycles. The minimum absolute atomic E-state index is 0.184. The van der Waals surface area contributed by atoms with Gasteiger partial charge in [-0.3, -0.25) is 9.69 Å². The summed E-state index contributed by atoms with van der Waals surface area (Å²) in [5, 5.41) is 8.64. The third-order valence-corrected chi connectivity index (χ3v) is 5.80. The van der Waals surface area contributed by atoms with Gasteiger partial charge in [-0.05, 0) is 35.4 Å². The van der Waals surface area contributed by atoms with Crippen molar-refractivity contribution >= 4 is 22.5 Å². The number of pyridine rings is 1. The number of nitrogens with one attached hydrogen (secondary N) is 2. The molecule has 1 aliphatic heterocycles. The van der Waals surface area contributed by atoms with Gasteiger partial charge in [0.1, 0.15) is 5.82 Å². The second kappa shape index (κ2) is 13.1. The number of benzene rings is 1. The lowest BCUT2D eigenvalue weighted by Crippen LogP contribution is -2.42. The fourth-order valence-electron chi connectivity index (χ4n) is 3.82. The average molecular weight is 496 g/mol. The van der Waals surface area contributed by atoms with Crippen LogP contribution in [0.25, 0.3) is 16.7 Å². The monoisotopic (exact) mass is 495 g/mol. The van der Waals surface area contributed by atoms with E-state index in [0.29, 0.717) is 28.2 Å². The Balaban J connectivity index is 0.000000815. The van der Waals surface area contributed by atoms with Crippen LogP contribution in [-0.4, -0.2) is 55.8 Å². The molecule has 0 radical (unpaired) electrons. The Bertz CT molecular complexity index is 1250. The summed E-state index contributed by atoms with van der Waals surface area (Å²) in [6.45, 7) is 12.6. The second-order valence-electron chi connectivity index (χ2n) is 7.65. The summed E-state index contributed by atoms with van der Waals surface area (Å²) in [6.07, 6.45) is 5.81. The Kier molecular flexibility index (Phi) is 9.96. The zero-order valence-corrected chi connectivity index (χ0v) is 21.6. The fourth-order valence-corrected chi connectivity index (χ4v) is 4.04. The maximum Gasteiger partial charge on any atom is 0.258 e. The molecule has 9 heteroatoms. The molecule has 5 rings (SSSR count).